The first-order chi connectivity index (χ1) is 16.9. The second-order valence-corrected chi connectivity index (χ2v) is 9.01. The Bertz CT molecular complexity index is 1140. The molecule has 0 spiro atoms. The van der Waals surface area contributed by atoms with Crippen LogP contribution in [-0.2, 0) is 14.3 Å². The molecule has 2 aliphatic rings. The number of ether oxygens (including phenoxy) is 2. The third kappa shape index (κ3) is 5.42. The van der Waals surface area contributed by atoms with Gasteiger partial charge in [-0.1, -0.05) is 36.4 Å². The lowest BCUT2D eigenvalue weighted by molar-refractivity contribution is -0.140. The number of Topliss-reactive ketones (excluding diaryl/α,β-unsaturated/α-hetero) is 1. The Hall–Kier alpha value is -3.13. The van der Waals surface area contributed by atoms with Crippen LogP contribution in [0, 0.1) is 6.92 Å². The molecule has 0 bridgehead atoms. The average Bonchev–Trinajstić information content (AvgIpc) is 3.12. The molecule has 2 aliphatic heterocycles. The molecule has 4 rings (SSSR count). The van der Waals surface area contributed by atoms with Crippen LogP contribution in [0.2, 0.25) is 5.02 Å². The number of carbonyl (C=O) groups excluding carboxylic acids is 2. The van der Waals surface area contributed by atoms with Crippen molar-refractivity contribution < 1.29 is 24.2 Å². The topological polar surface area (TPSA) is 79.3 Å². The van der Waals surface area contributed by atoms with Crippen LogP contribution in [-0.4, -0.2) is 72.6 Å². The van der Waals surface area contributed by atoms with Crippen LogP contribution in [0.1, 0.15) is 22.7 Å². The summed E-state index contributed by atoms with van der Waals surface area (Å²) < 4.78 is 11.0. The van der Waals surface area contributed by atoms with Crippen molar-refractivity contribution in [2.75, 3.05) is 46.0 Å². The SMILES string of the molecule is C=CCOc1ccc(/C(O)=C2/C(=O)C(=O)N(CCN3CCOCC3)C2c2ccc(Cl)cc2)cc1C. The van der Waals surface area contributed by atoms with E-state index in [2.05, 4.69) is 11.5 Å². The van der Waals surface area contributed by atoms with Crippen LogP contribution in [0.5, 0.6) is 5.75 Å². The van der Waals surface area contributed by atoms with Crippen molar-refractivity contribution in [3.05, 3.63) is 82.4 Å². The number of carbonyl (C=O) groups is 2. The average molecular weight is 497 g/mol. The maximum Gasteiger partial charge on any atom is 0.295 e. The van der Waals surface area contributed by atoms with E-state index in [1.54, 1.807) is 53.4 Å². The highest BCUT2D eigenvalue weighted by Crippen LogP contribution is 2.40. The van der Waals surface area contributed by atoms with Gasteiger partial charge in [0.2, 0.25) is 0 Å². The number of aryl methyl sites for hydroxylation is 1. The maximum absolute atomic E-state index is 13.2. The highest BCUT2D eigenvalue weighted by atomic mass is 35.5. The molecule has 0 radical (unpaired) electrons. The van der Waals surface area contributed by atoms with Gasteiger partial charge in [0, 0.05) is 36.8 Å². The van der Waals surface area contributed by atoms with Crippen molar-refractivity contribution in [1.82, 2.24) is 9.80 Å². The quantitative estimate of drug-likeness (QED) is 0.258. The predicted molar refractivity (Wildman–Crippen MR) is 135 cm³/mol. The Kier molecular flexibility index (Phi) is 7.90. The lowest BCUT2D eigenvalue weighted by atomic mass is 9.95. The minimum Gasteiger partial charge on any atom is -0.507 e. The van der Waals surface area contributed by atoms with Crippen molar-refractivity contribution in [1.29, 1.82) is 0 Å². The third-order valence-corrected chi connectivity index (χ3v) is 6.54. The molecular weight excluding hydrogens is 468 g/mol. The largest absolute Gasteiger partial charge is 0.507 e. The minimum atomic E-state index is -0.717. The fourth-order valence-electron chi connectivity index (χ4n) is 4.44. The second-order valence-electron chi connectivity index (χ2n) is 8.58. The zero-order chi connectivity index (χ0) is 24.9. The molecule has 2 heterocycles. The van der Waals surface area contributed by atoms with Crippen molar-refractivity contribution in [3.8, 4) is 5.75 Å². The van der Waals surface area contributed by atoms with E-state index >= 15 is 0 Å². The molecule has 0 saturated carbocycles. The first-order valence-electron chi connectivity index (χ1n) is 11.6. The Balaban J connectivity index is 1.71. The van der Waals surface area contributed by atoms with Crippen LogP contribution in [0.3, 0.4) is 0 Å². The van der Waals surface area contributed by atoms with Crippen LogP contribution in [0.25, 0.3) is 5.76 Å². The van der Waals surface area contributed by atoms with Gasteiger partial charge in [-0.05, 0) is 48.4 Å². The summed E-state index contributed by atoms with van der Waals surface area (Å²) in [6, 6.07) is 11.4. The third-order valence-electron chi connectivity index (χ3n) is 6.29. The number of hydrogen-bond acceptors (Lipinski definition) is 6. The van der Waals surface area contributed by atoms with Crippen LogP contribution >= 0.6 is 11.6 Å². The lowest BCUT2D eigenvalue weighted by Crippen LogP contribution is -2.42. The summed E-state index contributed by atoms with van der Waals surface area (Å²) in [4.78, 5) is 30.1. The summed E-state index contributed by atoms with van der Waals surface area (Å²) in [6.07, 6.45) is 1.65. The van der Waals surface area contributed by atoms with Crippen molar-refractivity contribution in [2.45, 2.75) is 13.0 Å². The molecular formula is C27H29ClN2O5. The van der Waals surface area contributed by atoms with Gasteiger partial charge in [-0.3, -0.25) is 14.5 Å². The summed E-state index contributed by atoms with van der Waals surface area (Å²) in [6.45, 7) is 9.65. The first-order valence-corrected chi connectivity index (χ1v) is 12.0. The van der Waals surface area contributed by atoms with E-state index in [4.69, 9.17) is 21.1 Å². The monoisotopic (exact) mass is 496 g/mol. The van der Waals surface area contributed by atoms with Gasteiger partial charge in [0.05, 0.1) is 24.8 Å². The fraction of sp³-hybridized carbons (Fsp3) is 0.333. The lowest BCUT2D eigenvalue weighted by Gasteiger charge is -2.31. The Labute approximate surface area is 210 Å². The number of rotatable bonds is 8. The summed E-state index contributed by atoms with van der Waals surface area (Å²) >= 11 is 6.09. The minimum absolute atomic E-state index is 0.0680. The molecule has 184 valence electrons. The zero-order valence-electron chi connectivity index (χ0n) is 19.7. The van der Waals surface area contributed by atoms with Gasteiger partial charge >= 0.3 is 0 Å². The molecule has 1 N–H and O–H groups in total. The van der Waals surface area contributed by atoms with Crippen LogP contribution < -0.4 is 4.74 Å². The molecule has 0 aromatic heterocycles. The Morgan fingerprint density at radius 1 is 1.17 bits per heavy atom. The van der Waals surface area contributed by atoms with Gasteiger partial charge in [-0.25, -0.2) is 0 Å². The standard InChI is InChI=1S/C27H29ClN2O5/c1-3-14-35-22-9-6-20(17-18(22)2)25(31)23-24(19-4-7-21(28)8-5-19)30(27(33)26(23)32)11-10-29-12-15-34-16-13-29/h3-9,17,24,31H,1,10-16H2,2H3/b25-23-. The van der Waals surface area contributed by atoms with Crippen molar-refractivity contribution in [3.63, 3.8) is 0 Å². The number of benzene rings is 2. The zero-order valence-corrected chi connectivity index (χ0v) is 20.5. The van der Waals surface area contributed by atoms with E-state index in [0.29, 0.717) is 54.8 Å². The van der Waals surface area contributed by atoms with Crippen LogP contribution in [0.4, 0.5) is 0 Å². The molecule has 8 heteroatoms. The summed E-state index contributed by atoms with van der Waals surface area (Å²) in [7, 11) is 0. The number of nitrogens with zero attached hydrogens (tertiary/aromatic N) is 2. The number of ketones is 1. The van der Waals surface area contributed by atoms with E-state index in [9.17, 15) is 14.7 Å². The van der Waals surface area contributed by atoms with E-state index < -0.39 is 17.7 Å². The van der Waals surface area contributed by atoms with E-state index in [1.165, 1.54) is 0 Å². The van der Waals surface area contributed by atoms with Gasteiger partial charge in [0.1, 0.15) is 18.1 Å². The molecule has 2 saturated heterocycles. The number of amides is 1. The molecule has 1 unspecified atom stereocenters. The van der Waals surface area contributed by atoms with Crippen molar-refractivity contribution >= 4 is 29.1 Å². The van der Waals surface area contributed by atoms with E-state index in [1.807, 2.05) is 6.92 Å². The normalized spacial score (nSPS) is 20.3. The molecule has 1 atom stereocenters. The molecule has 1 amide bonds. The van der Waals surface area contributed by atoms with Crippen LogP contribution in [0.15, 0.2) is 60.7 Å². The number of morpholine rings is 1. The molecule has 0 aliphatic carbocycles. The molecule has 2 aromatic carbocycles. The van der Waals surface area contributed by atoms with Crippen molar-refractivity contribution in [2.24, 2.45) is 0 Å². The fourth-order valence-corrected chi connectivity index (χ4v) is 4.57. The van der Waals surface area contributed by atoms with Gasteiger partial charge < -0.3 is 19.5 Å². The van der Waals surface area contributed by atoms with E-state index in [-0.39, 0.29) is 11.3 Å². The number of aliphatic hydroxyl groups excluding tert-OH is 1. The van der Waals surface area contributed by atoms with Gasteiger partial charge in [-0.2, -0.15) is 0 Å². The smallest absolute Gasteiger partial charge is 0.295 e. The number of halogens is 1. The molecule has 2 aromatic rings. The first kappa shape index (κ1) is 25.0. The second kappa shape index (κ2) is 11.1. The molecule has 7 nitrogen and oxygen atoms in total. The number of hydrogen-bond donors (Lipinski definition) is 1. The Morgan fingerprint density at radius 2 is 1.89 bits per heavy atom. The number of likely N-dealkylation sites (tertiary alicyclic amines) is 1. The predicted octanol–water partition coefficient (Wildman–Crippen LogP) is 3.97. The summed E-state index contributed by atoms with van der Waals surface area (Å²) in [5, 5.41) is 11.8. The highest BCUT2D eigenvalue weighted by Gasteiger charge is 2.46. The van der Waals surface area contributed by atoms with Gasteiger partial charge in [0.25, 0.3) is 11.7 Å². The molecule has 2 fully saturated rings. The molecule has 35 heavy (non-hydrogen) atoms. The van der Waals surface area contributed by atoms with E-state index in [0.717, 1.165) is 18.7 Å². The summed E-state index contributed by atoms with van der Waals surface area (Å²) in [5.74, 6) is -0.881. The van der Waals surface area contributed by atoms with Gasteiger partial charge in [0.15, 0.2) is 0 Å². The number of aliphatic hydroxyl groups is 1. The summed E-state index contributed by atoms with van der Waals surface area (Å²) in [5.41, 5.74) is 2.01. The highest BCUT2D eigenvalue weighted by molar-refractivity contribution is 6.46. The maximum atomic E-state index is 13.2. The Morgan fingerprint density at radius 3 is 2.54 bits per heavy atom. The van der Waals surface area contributed by atoms with Gasteiger partial charge in [-0.15, -0.1) is 0 Å².